The van der Waals surface area contributed by atoms with Crippen molar-refractivity contribution >= 4 is 17.6 Å². The topological polar surface area (TPSA) is 87.9 Å². The Morgan fingerprint density at radius 3 is 2.39 bits per heavy atom. The molecule has 1 aromatic rings. The molecule has 172 valence electrons. The summed E-state index contributed by atoms with van der Waals surface area (Å²) >= 11 is 0. The van der Waals surface area contributed by atoms with Gasteiger partial charge in [-0.1, -0.05) is 45.2 Å². The number of rotatable bonds is 7. The molecule has 3 amide bonds. The van der Waals surface area contributed by atoms with Gasteiger partial charge in [0.2, 0.25) is 5.91 Å². The molecule has 7 heteroatoms. The van der Waals surface area contributed by atoms with Gasteiger partial charge in [-0.15, -0.1) is 0 Å². The summed E-state index contributed by atoms with van der Waals surface area (Å²) in [5.74, 6) is 0.389. The van der Waals surface area contributed by atoms with E-state index >= 15 is 0 Å². The molecule has 1 saturated heterocycles. The number of carbonyl (C=O) groups is 2. The van der Waals surface area contributed by atoms with E-state index in [9.17, 15) is 9.59 Å². The van der Waals surface area contributed by atoms with Gasteiger partial charge in [-0.05, 0) is 42.5 Å². The first-order valence-corrected chi connectivity index (χ1v) is 11.6. The first-order chi connectivity index (χ1) is 14.9. The highest BCUT2D eigenvalue weighted by molar-refractivity contribution is 5.89. The Balaban J connectivity index is 1.64. The number of ether oxygens (including phenoxy) is 1. The summed E-state index contributed by atoms with van der Waals surface area (Å²) in [6, 6.07) is 7.70. The molecule has 0 radical (unpaired) electrons. The zero-order valence-corrected chi connectivity index (χ0v) is 19.1. The molecule has 0 spiro atoms. The normalized spacial score (nSPS) is 18.0. The lowest BCUT2D eigenvalue weighted by Crippen LogP contribution is -2.44. The summed E-state index contributed by atoms with van der Waals surface area (Å²) in [4.78, 5) is 29.4. The number of carbonyl (C=O) groups excluding carboxylic acids is 2. The van der Waals surface area contributed by atoms with Gasteiger partial charge in [0.1, 0.15) is 0 Å². The monoisotopic (exact) mass is 430 g/mol. The third kappa shape index (κ3) is 6.94. The van der Waals surface area contributed by atoms with E-state index in [0.717, 1.165) is 36.9 Å². The number of nitrogens with one attached hydrogen (secondary N) is 1. The van der Waals surface area contributed by atoms with Gasteiger partial charge in [0, 0.05) is 37.8 Å². The molecule has 1 aliphatic carbocycles. The lowest BCUT2D eigenvalue weighted by atomic mass is 9.87. The van der Waals surface area contributed by atoms with Crippen molar-refractivity contribution in [1.82, 2.24) is 9.80 Å². The van der Waals surface area contributed by atoms with Crippen LogP contribution in [0.1, 0.15) is 51.5 Å². The fourth-order valence-electron chi connectivity index (χ4n) is 4.28. The van der Waals surface area contributed by atoms with E-state index in [1.54, 1.807) is 4.90 Å². The molecule has 31 heavy (non-hydrogen) atoms. The molecule has 2 fully saturated rings. The van der Waals surface area contributed by atoms with E-state index < -0.39 is 0 Å². The molecule has 1 aromatic carbocycles. The minimum absolute atomic E-state index is 0.102. The lowest BCUT2D eigenvalue weighted by Gasteiger charge is -2.35. The van der Waals surface area contributed by atoms with Crippen LogP contribution in [-0.4, -0.2) is 61.1 Å². The van der Waals surface area contributed by atoms with Crippen LogP contribution in [0, 0.1) is 11.3 Å². The van der Waals surface area contributed by atoms with Gasteiger partial charge in [0.05, 0.1) is 13.2 Å². The van der Waals surface area contributed by atoms with Crippen LogP contribution in [0.4, 0.5) is 10.5 Å². The predicted octanol–water partition coefficient (Wildman–Crippen LogP) is 3.44. The zero-order chi connectivity index (χ0) is 22.3. The first kappa shape index (κ1) is 23.5. The van der Waals surface area contributed by atoms with E-state index in [1.165, 1.54) is 6.42 Å². The quantitative estimate of drug-likeness (QED) is 0.694. The largest absolute Gasteiger partial charge is 0.378 e. The van der Waals surface area contributed by atoms with Crippen LogP contribution in [0.15, 0.2) is 24.3 Å². The molecule has 0 aromatic heterocycles. The van der Waals surface area contributed by atoms with Gasteiger partial charge in [0.15, 0.2) is 0 Å². The summed E-state index contributed by atoms with van der Waals surface area (Å²) in [5.41, 5.74) is 7.65. The van der Waals surface area contributed by atoms with Crippen molar-refractivity contribution < 1.29 is 14.3 Å². The molecule has 2 aliphatic rings. The highest BCUT2D eigenvalue weighted by Gasteiger charge is 2.30. The first-order valence-electron chi connectivity index (χ1n) is 11.6. The smallest absolute Gasteiger partial charge is 0.321 e. The lowest BCUT2D eigenvalue weighted by molar-refractivity contribution is -0.138. The van der Waals surface area contributed by atoms with Crippen molar-refractivity contribution in [3.8, 4) is 0 Å². The minimum Gasteiger partial charge on any atom is -0.378 e. The number of urea groups is 1. The third-order valence-electron chi connectivity index (χ3n) is 6.31. The van der Waals surface area contributed by atoms with Crippen LogP contribution in [0.2, 0.25) is 0 Å². The molecular formula is C24H38N4O3. The Bertz CT molecular complexity index is 723. The average molecular weight is 431 g/mol. The van der Waals surface area contributed by atoms with Gasteiger partial charge in [-0.25, -0.2) is 4.79 Å². The summed E-state index contributed by atoms with van der Waals surface area (Å²) < 4.78 is 5.30. The molecule has 0 unspecified atom stereocenters. The standard InChI is InChI=1S/C24H38N4O3/c1-24(2,17-25)18-28(22(29)20-6-4-3-5-7-20)16-19-8-10-21(11-9-19)26-23(30)27-12-14-31-15-13-27/h8-11,20H,3-7,12-18,25H2,1-2H3,(H,26,30). The fraction of sp³-hybridized carbons (Fsp3) is 0.667. The highest BCUT2D eigenvalue weighted by atomic mass is 16.5. The Morgan fingerprint density at radius 1 is 1.13 bits per heavy atom. The Kier molecular flexibility index (Phi) is 8.32. The second-order valence-electron chi connectivity index (χ2n) is 9.62. The maximum atomic E-state index is 13.3. The van der Waals surface area contributed by atoms with Crippen LogP contribution in [0.25, 0.3) is 0 Å². The molecule has 1 aliphatic heterocycles. The number of benzene rings is 1. The summed E-state index contributed by atoms with van der Waals surface area (Å²) in [6.07, 6.45) is 5.50. The molecule has 3 rings (SSSR count). The SMILES string of the molecule is CC(C)(CN)CN(Cc1ccc(NC(=O)N2CCOCC2)cc1)C(=O)C1CCCCC1. The summed E-state index contributed by atoms with van der Waals surface area (Å²) in [7, 11) is 0. The van der Waals surface area contributed by atoms with E-state index in [1.807, 2.05) is 29.2 Å². The van der Waals surface area contributed by atoms with Gasteiger partial charge in [-0.3, -0.25) is 4.79 Å². The molecule has 1 saturated carbocycles. The third-order valence-corrected chi connectivity index (χ3v) is 6.31. The van der Waals surface area contributed by atoms with Crippen LogP contribution in [-0.2, 0) is 16.1 Å². The molecule has 3 N–H and O–H groups in total. The Hall–Kier alpha value is -2.12. The molecular weight excluding hydrogens is 392 g/mol. The van der Waals surface area contributed by atoms with Crippen LogP contribution in [0.3, 0.4) is 0 Å². The molecule has 0 bridgehead atoms. The number of nitrogens with two attached hydrogens (primary N) is 1. The predicted molar refractivity (Wildman–Crippen MR) is 123 cm³/mol. The number of anilines is 1. The van der Waals surface area contributed by atoms with Gasteiger partial charge in [-0.2, -0.15) is 0 Å². The van der Waals surface area contributed by atoms with Crippen molar-refractivity contribution in [2.24, 2.45) is 17.1 Å². The maximum absolute atomic E-state index is 13.3. The number of morpholine rings is 1. The molecule has 0 atom stereocenters. The van der Waals surface area contributed by atoms with E-state index in [4.69, 9.17) is 10.5 Å². The number of nitrogens with zero attached hydrogens (tertiary/aromatic N) is 2. The molecule has 1 heterocycles. The van der Waals surface area contributed by atoms with Gasteiger partial charge < -0.3 is 25.6 Å². The second kappa shape index (κ2) is 11.0. The second-order valence-corrected chi connectivity index (χ2v) is 9.62. The van der Waals surface area contributed by atoms with Crippen LogP contribution >= 0.6 is 0 Å². The van der Waals surface area contributed by atoms with E-state index in [-0.39, 0.29) is 23.3 Å². The van der Waals surface area contributed by atoms with Crippen molar-refractivity contribution in [2.45, 2.75) is 52.5 Å². The molecule has 7 nitrogen and oxygen atoms in total. The van der Waals surface area contributed by atoms with Crippen LogP contribution in [0.5, 0.6) is 0 Å². The number of hydrogen-bond acceptors (Lipinski definition) is 4. The Morgan fingerprint density at radius 2 is 1.77 bits per heavy atom. The van der Waals surface area contributed by atoms with E-state index in [0.29, 0.717) is 45.9 Å². The van der Waals surface area contributed by atoms with Gasteiger partial charge in [0.25, 0.3) is 0 Å². The maximum Gasteiger partial charge on any atom is 0.321 e. The van der Waals surface area contributed by atoms with Crippen molar-refractivity contribution in [1.29, 1.82) is 0 Å². The number of hydrogen-bond donors (Lipinski definition) is 2. The van der Waals surface area contributed by atoms with Crippen molar-refractivity contribution in [3.05, 3.63) is 29.8 Å². The average Bonchev–Trinajstić information content (AvgIpc) is 2.80. The number of amides is 3. The highest BCUT2D eigenvalue weighted by Crippen LogP contribution is 2.28. The van der Waals surface area contributed by atoms with Crippen LogP contribution < -0.4 is 11.1 Å². The summed E-state index contributed by atoms with van der Waals surface area (Å²) in [6.45, 7) is 8.35. The van der Waals surface area contributed by atoms with Crippen molar-refractivity contribution in [2.75, 3.05) is 44.7 Å². The van der Waals surface area contributed by atoms with E-state index in [2.05, 4.69) is 19.2 Å². The van der Waals surface area contributed by atoms with Gasteiger partial charge >= 0.3 is 6.03 Å². The fourth-order valence-corrected chi connectivity index (χ4v) is 4.28. The van der Waals surface area contributed by atoms with Crippen molar-refractivity contribution in [3.63, 3.8) is 0 Å². The zero-order valence-electron chi connectivity index (χ0n) is 19.1. The minimum atomic E-state index is -0.129. The summed E-state index contributed by atoms with van der Waals surface area (Å²) in [5, 5.41) is 2.95. The Labute approximate surface area is 186 Å².